The minimum atomic E-state index is -3.89. The van der Waals surface area contributed by atoms with E-state index in [1.165, 1.54) is 19.4 Å². The SMILES string of the molecule is COC(=O)c1ccn(S(=O)(=O)c2ccc(C)cc2)c1Cc1ccc2c(c1)OCO2. The molecule has 0 fully saturated rings. The van der Waals surface area contributed by atoms with Crippen molar-refractivity contribution in [3.8, 4) is 11.5 Å². The highest BCUT2D eigenvalue weighted by Crippen LogP contribution is 2.33. The van der Waals surface area contributed by atoms with Crippen LogP contribution < -0.4 is 9.47 Å². The van der Waals surface area contributed by atoms with Crippen LogP contribution >= 0.6 is 0 Å². The fraction of sp³-hybridized carbons (Fsp3) is 0.190. The Morgan fingerprint density at radius 3 is 2.52 bits per heavy atom. The molecule has 7 nitrogen and oxygen atoms in total. The molecule has 0 atom stereocenters. The van der Waals surface area contributed by atoms with Gasteiger partial charge in [-0.05, 0) is 42.8 Å². The van der Waals surface area contributed by atoms with Gasteiger partial charge in [-0.25, -0.2) is 17.2 Å². The minimum Gasteiger partial charge on any atom is -0.465 e. The highest BCUT2D eigenvalue weighted by Gasteiger charge is 2.26. The van der Waals surface area contributed by atoms with Crippen molar-refractivity contribution in [1.82, 2.24) is 3.97 Å². The van der Waals surface area contributed by atoms with Crippen LogP contribution in [0.25, 0.3) is 0 Å². The predicted octanol–water partition coefficient (Wildman–Crippen LogP) is 3.14. The summed E-state index contributed by atoms with van der Waals surface area (Å²) >= 11 is 0. The maximum absolute atomic E-state index is 13.2. The molecule has 0 saturated carbocycles. The van der Waals surface area contributed by atoms with Crippen LogP contribution in [0.15, 0.2) is 59.6 Å². The number of methoxy groups -OCH3 is 1. The highest BCUT2D eigenvalue weighted by atomic mass is 32.2. The third-order valence-corrected chi connectivity index (χ3v) is 6.47. The number of rotatable bonds is 5. The molecule has 150 valence electrons. The molecule has 1 aliphatic heterocycles. The molecule has 2 aromatic carbocycles. The second kappa shape index (κ2) is 7.29. The largest absolute Gasteiger partial charge is 0.465 e. The van der Waals surface area contributed by atoms with Crippen molar-refractivity contribution in [2.45, 2.75) is 18.2 Å². The van der Waals surface area contributed by atoms with Gasteiger partial charge in [0.05, 0.1) is 23.3 Å². The van der Waals surface area contributed by atoms with E-state index >= 15 is 0 Å². The zero-order valence-electron chi connectivity index (χ0n) is 15.9. The summed E-state index contributed by atoms with van der Waals surface area (Å²) in [6, 6.07) is 13.4. The fourth-order valence-electron chi connectivity index (χ4n) is 3.21. The van der Waals surface area contributed by atoms with Gasteiger partial charge < -0.3 is 14.2 Å². The number of esters is 1. The van der Waals surface area contributed by atoms with E-state index in [1.807, 2.05) is 13.0 Å². The average Bonchev–Trinajstić information content (AvgIpc) is 3.34. The smallest absolute Gasteiger partial charge is 0.339 e. The standard InChI is InChI=1S/C21H19NO6S/c1-14-3-6-16(7-4-14)29(24,25)22-10-9-17(21(23)26-2)18(22)11-15-5-8-19-20(12-15)28-13-27-19/h3-10,12H,11,13H2,1-2H3. The van der Waals surface area contributed by atoms with Crippen molar-refractivity contribution in [1.29, 1.82) is 0 Å². The molecular weight excluding hydrogens is 394 g/mol. The molecule has 0 saturated heterocycles. The van der Waals surface area contributed by atoms with Gasteiger partial charge in [-0.2, -0.15) is 0 Å². The van der Waals surface area contributed by atoms with Gasteiger partial charge in [0.1, 0.15) is 0 Å². The second-order valence-corrected chi connectivity index (χ2v) is 8.46. The molecule has 0 radical (unpaired) electrons. The van der Waals surface area contributed by atoms with Gasteiger partial charge in [-0.15, -0.1) is 0 Å². The molecule has 0 amide bonds. The number of carbonyl (C=O) groups excluding carboxylic acids is 1. The quantitative estimate of drug-likeness (QED) is 0.598. The molecule has 3 aromatic rings. The molecule has 0 bridgehead atoms. The summed E-state index contributed by atoms with van der Waals surface area (Å²) in [6.45, 7) is 2.02. The summed E-state index contributed by atoms with van der Waals surface area (Å²) in [4.78, 5) is 12.4. The van der Waals surface area contributed by atoms with Crippen molar-refractivity contribution in [3.63, 3.8) is 0 Å². The number of carbonyl (C=O) groups is 1. The van der Waals surface area contributed by atoms with Gasteiger partial charge in [-0.1, -0.05) is 23.8 Å². The number of benzene rings is 2. The number of aryl methyl sites for hydroxylation is 1. The first-order valence-electron chi connectivity index (χ1n) is 8.89. The van der Waals surface area contributed by atoms with Crippen molar-refractivity contribution in [2.75, 3.05) is 13.9 Å². The van der Waals surface area contributed by atoms with Crippen molar-refractivity contribution < 1.29 is 27.4 Å². The van der Waals surface area contributed by atoms with Crippen LogP contribution in [0.3, 0.4) is 0 Å². The Bertz CT molecular complexity index is 1180. The first-order valence-corrected chi connectivity index (χ1v) is 10.3. The van der Waals surface area contributed by atoms with Gasteiger partial charge in [-0.3, -0.25) is 0 Å². The lowest BCUT2D eigenvalue weighted by Crippen LogP contribution is -2.17. The lowest BCUT2D eigenvalue weighted by molar-refractivity contribution is 0.0600. The first kappa shape index (κ1) is 19.1. The number of nitrogens with zero attached hydrogens (tertiary/aromatic N) is 1. The summed E-state index contributed by atoms with van der Waals surface area (Å²) in [5, 5.41) is 0. The molecule has 1 aromatic heterocycles. The van der Waals surface area contributed by atoms with Crippen molar-refractivity contribution in [2.24, 2.45) is 0 Å². The van der Waals surface area contributed by atoms with E-state index in [4.69, 9.17) is 14.2 Å². The van der Waals surface area contributed by atoms with Gasteiger partial charge in [0.25, 0.3) is 10.0 Å². The molecule has 0 aliphatic carbocycles. The Labute approximate surface area is 168 Å². The molecule has 0 unspecified atom stereocenters. The lowest BCUT2D eigenvalue weighted by Gasteiger charge is -2.13. The van der Waals surface area contributed by atoms with Crippen LogP contribution in [-0.2, 0) is 21.2 Å². The maximum atomic E-state index is 13.2. The molecule has 8 heteroatoms. The summed E-state index contributed by atoms with van der Waals surface area (Å²) in [7, 11) is -2.62. The number of aromatic nitrogens is 1. The van der Waals surface area contributed by atoms with Gasteiger partial charge in [0.15, 0.2) is 11.5 Å². The van der Waals surface area contributed by atoms with E-state index in [0.717, 1.165) is 15.1 Å². The van der Waals surface area contributed by atoms with E-state index in [-0.39, 0.29) is 23.7 Å². The van der Waals surface area contributed by atoms with E-state index in [0.29, 0.717) is 17.2 Å². The van der Waals surface area contributed by atoms with Crippen LogP contribution in [-0.4, -0.2) is 32.3 Å². The third kappa shape index (κ3) is 3.47. The van der Waals surface area contributed by atoms with Crippen molar-refractivity contribution >= 4 is 16.0 Å². The average molecular weight is 413 g/mol. The number of ether oxygens (including phenoxy) is 3. The van der Waals surface area contributed by atoms with E-state index in [2.05, 4.69) is 0 Å². The maximum Gasteiger partial charge on any atom is 0.339 e. The molecule has 0 N–H and O–H groups in total. The van der Waals surface area contributed by atoms with E-state index in [1.54, 1.807) is 36.4 Å². The Kier molecular flexibility index (Phi) is 4.79. The molecule has 0 spiro atoms. The fourth-order valence-corrected chi connectivity index (χ4v) is 4.59. The zero-order chi connectivity index (χ0) is 20.6. The lowest BCUT2D eigenvalue weighted by atomic mass is 10.1. The van der Waals surface area contributed by atoms with Gasteiger partial charge >= 0.3 is 5.97 Å². The first-order chi connectivity index (χ1) is 13.9. The molecule has 2 heterocycles. The Morgan fingerprint density at radius 2 is 1.79 bits per heavy atom. The minimum absolute atomic E-state index is 0.141. The zero-order valence-corrected chi connectivity index (χ0v) is 16.7. The van der Waals surface area contributed by atoms with Crippen molar-refractivity contribution in [3.05, 3.63) is 77.1 Å². The Hall–Kier alpha value is -3.26. The Morgan fingerprint density at radius 1 is 1.07 bits per heavy atom. The van der Waals surface area contributed by atoms with Crippen LogP contribution in [0.4, 0.5) is 0 Å². The highest BCUT2D eigenvalue weighted by molar-refractivity contribution is 7.90. The summed E-state index contributed by atoms with van der Waals surface area (Å²) < 4.78 is 43.2. The third-order valence-electron chi connectivity index (χ3n) is 4.75. The van der Waals surface area contributed by atoms with Gasteiger partial charge in [0.2, 0.25) is 6.79 Å². The summed E-state index contributed by atoms with van der Waals surface area (Å²) in [5.41, 5.74) is 2.24. The number of hydrogen-bond donors (Lipinski definition) is 0. The Balaban J connectivity index is 1.80. The molecule has 4 rings (SSSR count). The van der Waals surface area contributed by atoms with Crippen LogP contribution in [0.1, 0.15) is 27.2 Å². The second-order valence-electron chi connectivity index (χ2n) is 6.65. The van der Waals surface area contributed by atoms with Crippen LogP contribution in [0, 0.1) is 6.92 Å². The van der Waals surface area contributed by atoms with E-state index < -0.39 is 16.0 Å². The van der Waals surface area contributed by atoms with Crippen LogP contribution in [0.2, 0.25) is 0 Å². The predicted molar refractivity (Wildman–Crippen MR) is 105 cm³/mol. The van der Waals surface area contributed by atoms with E-state index in [9.17, 15) is 13.2 Å². The normalized spacial score (nSPS) is 12.8. The van der Waals surface area contributed by atoms with Crippen LogP contribution in [0.5, 0.6) is 11.5 Å². The topological polar surface area (TPSA) is 83.8 Å². The monoisotopic (exact) mass is 413 g/mol. The number of hydrogen-bond acceptors (Lipinski definition) is 6. The molecule has 1 aliphatic rings. The number of fused-ring (bicyclic) bond motifs is 1. The van der Waals surface area contributed by atoms with Gasteiger partial charge in [0, 0.05) is 12.6 Å². The molecular formula is C21H19NO6S. The summed E-state index contributed by atoms with van der Waals surface area (Å²) in [6.07, 6.45) is 1.57. The molecule has 29 heavy (non-hydrogen) atoms. The summed E-state index contributed by atoms with van der Waals surface area (Å²) in [5.74, 6) is 0.616.